The lowest BCUT2D eigenvalue weighted by atomic mass is 10.1. The first-order valence-corrected chi connectivity index (χ1v) is 5.82. The highest BCUT2D eigenvalue weighted by Crippen LogP contribution is 2.17. The molecule has 2 N–H and O–H groups in total. The molecule has 2 aromatic rings. The Labute approximate surface area is 101 Å². The number of aromatic nitrogens is 3. The van der Waals surface area contributed by atoms with Gasteiger partial charge in [-0.2, -0.15) is 5.10 Å². The summed E-state index contributed by atoms with van der Waals surface area (Å²) in [7, 11) is 0. The van der Waals surface area contributed by atoms with E-state index in [-0.39, 0.29) is 0 Å². The lowest BCUT2D eigenvalue weighted by molar-refractivity contribution is 0.769. The average Bonchev–Trinajstić information content (AvgIpc) is 2.64. The van der Waals surface area contributed by atoms with Crippen molar-refractivity contribution >= 4 is 0 Å². The molecular formula is C13H18N4. The minimum absolute atomic E-state index is 0.586. The van der Waals surface area contributed by atoms with E-state index in [4.69, 9.17) is 5.73 Å². The van der Waals surface area contributed by atoms with E-state index < -0.39 is 0 Å². The molecule has 0 saturated carbocycles. The number of aryl methyl sites for hydroxylation is 3. The molecule has 1 aromatic heterocycles. The monoisotopic (exact) mass is 230 g/mol. The van der Waals surface area contributed by atoms with Crippen molar-refractivity contribution in [3.8, 4) is 5.69 Å². The smallest absolute Gasteiger partial charge is 0.148 e. The van der Waals surface area contributed by atoms with Crippen LogP contribution in [0.4, 0.5) is 0 Å². The van der Waals surface area contributed by atoms with Crippen molar-refractivity contribution in [3.63, 3.8) is 0 Å². The zero-order valence-electron chi connectivity index (χ0n) is 10.6. The van der Waals surface area contributed by atoms with E-state index in [0.29, 0.717) is 6.54 Å². The van der Waals surface area contributed by atoms with Crippen LogP contribution in [0.1, 0.15) is 22.8 Å². The van der Waals surface area contributed by atoms with Gasteiger partial charge in [0.15, 0.2) is 0 Å². The average molecular weight is 230 g/mol. The first-order chi connectivity index (χ1) is 8.11. The summed E-state index contributed by atoms with van der Waals surface area (Å²) >= 11 is 0. The van der Waals surface area contributed by atoms with Crippen molar-refractivity contribution in [1.82, 2.24) is 14.8 Å². The van der Waals surface area contributed by atoms with Gasteiger partial charge in [-0.25, -0.2) is 9.67 Å². The second-order valence-electron chi connectivity index (χ2n) is 4.32. The predicted molar refractivity (Wildman–Crippen MR) is 68.3 cm³/mol. The number of nitrogens with two attached hydrogens (primary N) is 1. The first-order valence-electron chi connectivity index (χ1n) is 5.82. The van der Waals surface area contributed by atoms with Crippen molar-refractivity contribution in [1.29, 1.82) is 0 Å². The van der Waals surface area contributed by atoms with Crippen LogP contribution in [0, 0.1) is 20.8 Å². The molecule has 0 fully saturated rings. The fourth-order valence-electron chi connectivity index (χ4n) is 1.89. The summed E-state index contributed by atoms with van der Waals surface area (Å²) in [6.07, 6.45) is 0.744. The Morgan fingerprint density at radius 1 is 1.24 bits per heavy atom. The van der Waals surface area contributed by atoms with Crippen LogP contribution in [-0.4, -0.2) is 21.3 Å². The van der Waals surface area contributed by atoms with Gasteiger partial charge in [-0.3, -0.25) is 0 Å². The molecule has 0 unspecified atom stereocenters. The highest BCUT2D eigenvalue weighted by molar-refractivity contribution is 5.43. The summed E-state index contributed by atoms with van der Waals surface area (Å²) < 4.78 is 1.91. The van der Waals surface area contributed by atoms with Gasteiger partial charge in [-0.05, 0) is 44.5 Å². The van der Waals surface area contributed by atoms with Crippen LogP contribution in [0.3, 0.4) is 0 Å². The molecule has 0 atom stereocenters. The van der Waals surface area contributed by atoms with E-state index in [1.807, 2.05) is 11.6 Å². The number of hydrogen-bond acceptors (Lipinski definition) is 3. The molecule has 0 saturated heterocycles. The van der Waals surface area contributed by atoms with E-state index >= 15 is 0 Å². The minimum atomic E-state index is 0.586. The summed E-state index contributed by atoms with van der Waals surface area (Å²) in [4.78, 5) is 4.42. The van der Waals surface area contributed by atoms with Crippen LogP contribution in [-0.2, 0) is 6.42 Å². The maximum atomic E-state index is 5.60. The van der Waals surface area contributed by atoms with Gasteiger partial charge in [0.1, 0.15) is 11.6 Å². The van der Waals surface area contributed by atoms with Crippen molar-refractivity contribution in [3.05, 3.63) is 41.0 Å². The van der Waals surface area contributed by atoms with Gasteiger partial charge < -0.3 is 5.73 Å². The maximum absolute atomic E-state index is 5.60. The quantitative estimate of drug-likeness (QED) is 0.873. The lowest BCUT2D eigenvalue weighted by Gasteiger charge is -2.09. The Bertz CT molecular complexity index is 528. The zero-order chi connectivity index (χ0) is 12.4. The topological polar surface area (TPSA) is 56.7 Å². The predicted octanol–water partition coefficient (Wildman–Crippen LogP) is 1.69. The minimum Gasteiger partial charge on any atom is -0.330 e. The van der Waals surface area contributed by atoms with Crippen molar-refractivity contribution in [2.45, 2.75) is 27.2 Å². The third kappa shape index (κ3) is 2.36. The Morgan fingerprint density at radius 3 is 2.71 bits per heavy atom. The molecule has 0 radical (unpaired) electrons. The van der Waals surface area contributed by atoms with E-state index in [1.165, 1.54) is 11.1 Å². The Balaban J connectivity index is 2.55. The van der Waals surface area contributed by atoms with Gasteiger partial charge in [0, 0.05) is 6.42 Å². The van der Waals surface area contributed by atoms with Crippen molar-refractivity contribution in [2.24, 2.45) is 5.73 Å². The normalized spacial score (nSPS) is 10.8. The first kappa shape index (κ1) is 11.8. The van der Waals surface area contributed by atoms with Crippen LogP contribution in [0.25, 0.3) is 5.69 Å². The highest BCUT2D eigenvalue weighted by atomic mass is 15.3. The summed E-state index contributed by atoms with van der Waals surface area (Å²) in [5.41, 5.74) is 9.11. The summed E-state index contributed by atoms with van der Waals surface area (Å²) in [5.74, 6) is 1.72. The number of nitrogens with zero attached hydrogens (tertiary/aromatic N) is 3. The van der Waals surface area contributed by atoms with Crippen molar-refractivity contribution < 1.29 is 0 Å². The molecule has 0 spiro atoms. The third-order valence-electron chi connectivity index (χ3n) is 2.74. The molecule has 1 heterocycles. The van der Waals surface area contributed by atoms with Crippen LogP contribution < -0.4 is 5.73 Å². The standard InChI is InChI=1S/C13H18N4/c1-9-4-5-10(2)12(8-9)17-13(6-7-14)15-11(3)16-17/h4-5,8H,6-7,14H2,1-3H3. The lowest BCUT2D eigenvalue weighted by Crippen LogP contribution is -2.10. The largest absolute Gasteiger partial charge is 0.330 e. The molecule has 2 rings (SSSR count). The summed E-state index contributed by atoms with van der Waals surface area (Å²) in [6.45, 7) is 6.65. The molecule has 1 aromatic carbocycles. The number of rotatable bonds is 3. The van der Waals surface area contributed by atoms with Crippen LogP contribution in [0.5, 0.6) is 0 Å². The SMILES string of the molecule is Cc1ccc(C)c(-n2nc(C)nc2CCN)c1. The third-order valence-corrected chi connectivity index (χ3v) is 2.74. The summed E-state index contributed by atoms with van der Waals surface area (Å²) in [6, 6.07) is 6.34. The van der Waals surface area contributed by atoms with Gasteiger partial charge in [0.05, 0.1) is 5.69 Å². The molecule has 17 heavy (non-hydrogen) atoms. The van der Waals surface area contributed by atoms with Crippen LogP contribution in [0.2, 0.25) is 0 Å². The Morgan fingerprint density at radius 2 is 2.00 bits per heavy atom. The highest BCUT2D eigenvalue weighted by Gasteiger charge is 2.10. The van der Waals surface area contributed by atoms with Crippen molar-refractivity contribution in [2.75, 3.05) is 6.54 Å². The van der Waals surface area contributed by atoms with Gasteiger partial charge in [0.25, 0.3) is 0 Å². The Kier molecular flexibility index (Phi) is 3.24. The van der Waals surface area contributed by atoms with Gasteiger partial charge >= 0.3 is 0 Å². The second-order valence-corrected chi connectivity index (χ2v) is 4.32. The van der Waals surface area contributed by atoms with E-state index in [0.717, 1.165) is 23.8 Å². The van der Waals surface area contributed by atoms with Crippen LogP contribution >= 0.6 is 0 Å². The summed E-state index contributed by atoms with van der Waals surface area (Å²) in [5, 5.41) is 4.45. The second kappa shape index (κ2) is 4.67. The number of hydrogen-bond donors (Lipinski definition) is 1. The molecule has 4 heteroatoms. The fraction of sp³-hybridized carbons (Fsp3) is 0.385. The molecule has 0 amide bonds. The van der Waals surface area contributed by atoms with E-state index in [2.05, 4.69) is 42.1 Å². The van der Waals surface area contributed by atoms with E-state index in [1.54, 1.807) is 0 Å². The zero-order valence-corrected chi connectivity index (χ0v) is 10.6. The van der Waals surface area contributed by atoms with Gasteiger partial charge in [0.2, 0.25) is 0 Å². The molecule has 90 valence electrons. The fourth-order valence-corrected chi connectivity index (χ4v) is 1.89. The van der Waals surface area contributed by atoms with E-state index in [9.17, 15) is 0 Å². The molecule has 0 bridgehead atoms. The maximum Gasteiger partial charge on any atom is 0.148 e. The molecule has 4 nitrogen and oxygen atoms in total. The molecule has 0 aliphatic rings. The molecule has 0 aliphatic carbocycles. The van der Waals surface area contributed by atoms with Gasteiger partial charge in [-0.15, -0.1) is 0 Å². The van der Waals surface area contributed by atoms with Gasteiger partial charge in [-0.1, -0.05) is 12.1 Å². The van der Waals surface area contributed by atoms with Crippen LogP contribution in [0.15, 0.2) is 18.2 Å². The molecular weight excluding hydrogens is 212 g/mol. The number of benzene rings is 1. The Hall–Kier alpha value is -1.68. The molecule has 0 aliphatic heterocycles.